The molecule has 98 valence electrons. The second-order valence-corrected chi connectivity index (χ2v) is 3.66. The van der Waals surface area contributed by atoms with Crippen LogP contribution in [0.3, 0.4) is 0 Å². The van der Waals surface area contributed by atoms with Gasteiger partial charge in [0.1, 0.15) is 0 Å². The summed E-state index contributed by atoms with van der Waals surface area (Å²) in [5.74, 6) is -0.658. The average Bonchev–Trinajstić information content (AvgIpc) is 2.85. The van der Waals surface area contributed by atoms with Gasteiger partial charge in [0.15, 0.2) is 0 Å². The van der Waals surface area contributed by atoms with E-state index in [2.05, 4.69) is 15.4 Å². The molecule has 0 saturated carbocycles. The number of benzene rings is 1. The van der Waals surface area contributed by atoms with Crippen LogP contribution in [0.1, 0.15) is 6.42 Å². The lowest BCUT2D eigenvalue weighted by Crippen LogP contribution is -2.07. The van der Waals surface area contributed by atoms with Crippen LogP contribution in [0.5, 0.6) is 0 Å². The number of aliphatic carboxylic acids is 1. The monoisotopic (exact) mass is 263 g/mol. The van der Waals surface area contributed by atoms with E-state index in [1.54, 1.807) is 0 Å². The molecule has 9 nitrogen and oxygen atoms in total. The van der Waals surface area contributed by atoms with E-state index in [0.29, 0.717) is 11.4 Å². The summed E-state index contributed by atoms with van der Waals surface area (Å²) in [6.45, 7) is 0.120. The highest BCUT2D eigenvalue weighted by molar-refractivity contribution is 5.66. The fraction of sp³-hybridized carbons (Fsp3) is 0.200. The van der Waals surface area contributed by atoms with E-state index in [4.69, 9.17) is 5.11 Å². The Balaban J connectivity index is 2.13. The minimum atomic E-state index is -0.950. The molecule has 2 aromatic rings. The molecular weight excluding hydrogens is 254 g/mol. The van der Waals surface area contributed by atoms with Gasteiger partial charge in [-0.15, -0.1) is 10.2 Å². The normalized spacial score (nSPS) is 10.3. The van der Waals surface area contributed by atoms with Crippen LogP contribution in [0.2, 0.25) is 0 Å². The minimum absolute atomic E-state index is 0.0259. The Bertz CT molecular complexity index is 607. The topological polar surface area (TPSA) is 124 Å². The van der Waals surface area contributed by atoms with Crippen molar-refractivity contribution in [2.75, 3.05) is 0 Å². The van der Waals surface area contributed by atoms with Crippen molar-refractivity contribution in [2.24, 2.45) is 0 Å². The van der Waals surface area contributed by atoms with E-state index < -0.39 is 10.9 Å². The van der Waals surface area contributed by atoms with Crippen molar-refractivity contribution in [2.45, 2.75) is 13.0 Å². The van der Waals surface area contributed by atoms with Gasteiger partial charge in [-0.1, -0.05) is 0 Å². The van der Waals surface area contributed by atoms with Crippen LogP contribution in [0, 0.1) is 10.1 Å². The summed E-state index contributed by atoms with van der Waals surface area (Å²) in [5, 5.41) is 30.5. The fourth-order valence-corrected chi connectivity index (χ4v) is 1.38. The third-order valence-corrected chi connectivity index (χ3v) is 2.31. The molecule has 0 aliphatic heterocycles. The molecule has 1 heterocycles. The van der Waals surface area contributed by atoms with Crippen molar-refractivity contribution in [3.05, 3.63) is 34.4 Å². The first-order chi connectivity index (χ1) is 9.06. The lowest BCUT2D eigenvalue weighted by atomic mass is 10.2. The number of aryl methyl sites for hydroxylation is 1. The number of nitrogens with zero attached hydrogens (tertiary/aromatic N) is 5. The average molecular weight is 263 g/mol. The van der Waals surface area contributed by atoms with Crippen LogP contribution < -0.4 is 0 Å². The first kappa shape index (κ1) is 12.6. The zero-order valence-corrected chi connectivity index (χ0v) is 9.63. The number of nitro benzene ring substituents is 1. The summed E-state index contributed by atoms with van der Waals surface area (Å²) in [6, 6.07) is 5.70. The van der Waals surface area contributed by atoms with Crippen LogP contribution >= 0.6 is 0 Å². The number of tetrazole rings is 1. The number of non-ortho nitro benzene ring substituents is 1. The van der Waals surface area contributed by atoms with E-state index in [1.807, 2.05) is 0 Å². The second kappa shape index (κ2) is 5.21. The van der Waals surface area contributed by atoms with Gasteiger partial charge in [-0.3, -0.25) is 14.9 Å². The Morgan fingerprint density at radius 2 is 2.05 bits per heavy atom. The van der Waals surface area contributed by atoms with Gasteiger partial charge in [-0.25, -0.2) is 0 Å². The van der Waals surface area contributed by atoms with Crippen molar-refractivity contribution in [1.29, 1.82) is 0 Å². The highest BCUT2D eigenvalue weighted by atomic mass is 16.6. The first-order valence-corrected chi connectivity index (χ1v) is 5.30. The summed E-state index contributed by atoms with van der Waals surface area (Å²) in [5.41, 5.74) is 0.550. The van der Waals surface area contributed by atoms with Crippen molar-refractivity contribution in [1.82, 2.24) is 20.2 Å². The lowest BCUT2D eigenvalue weighted by molar-refractivity contribution is -0.384. The molecule has 1 aromatic carbocycles. The number of hydrogen-bond donors (Lipinski definition) is 1. The molecular formula is C10H9N5O4. The number of aromatic nitrogens is 4. The molecule has 0 unspecified atom stereocenters. The second-order valence-electron chi connectivity index (χ2n) is 3.66. The minimum Gasteiger partial charge on any atom is -0.481 e. The Hall–Kier alpha value is -2.84. The molecule has 9 heteroatoms. The molecule has 0 radical (unpaired) electrons. The molecule has 0 fully saturated rings. The van der Waals surface area contributed by atoms with Gasteiger partial charge in [0.05, 0.1) is 17.9 Å². The molecule has 0 spiro atoms. The van der Waals surface area contributed by atoms with Crippen LogP contribution in [0.4, 0.5) is 5.69 Å². The summed E-state index contributed by atoms with van der Waals surface area (Å²) in [7, 11) is 0. The molecule has 19 heavy (non-hydrogen) atoms. The van der Waals surface area contributed by atoms with Gasteiger partial charge < -0.3 is 5.11 Å². The number of carboxylic acids is 1. The lowest BCUT2D eigenvalue weighted by Gasteiger charge is -1.95. The molecule has 1 aromatic heterocycles. The Morgan fingerprint density at radius 1 is 1.37 bits per heavy atom. The van der Waals surface area contributed by atoms with E-state index in [9.17, 15) is 14.9 Å². The van der Waals surface area contributed by atoms with E-state index in [-0.39, 0.29) is 18.7 Å². The van der Waals surface area contributed by atoms with Gasteiger partial charge in [0.2, 0.25) is 5.82 Å². The van der Waals surface area contributed by atoms with Gasteiger partial charge in [0, 0.05) is 17.7 Å². The third kappa shape index (κ3) is 3.09. The maximum atomic E-state index is 10.5. The number of nitro groups is 1. The smallest absolute Gasteiger partial charge is 0.305 e. The zero-order chi connectivity index (χ0) is 13.8. The summed E-state index contributed by atoms with van der Waals surface area (Å²) in [6.07, 6.45) is -0.101. The number of rotatable bonds is 5. The maximum Gasteiger partial charge on any atom is 0.305 e. The highest BCUT2D eigenvalue weighted by Crippen LogP contribution is 2.18. The van der Waals surface area contributed by atoms with Crippen LogP contribution in [0.15, 0.2) is 24.3 Å². The maximum absolute atomic E-state index is 10.5. The van der Waals surface area contributed by atoms with Crippen LogP contribution in [-0.2, 0) is 11.3 Å². The molecule has 2 rings (SSSR count). The standard InChI is InChI=1S/C10H9N5O4/c16-9(17)5-6-14-12-10(11-13-14)7-1-3-8(4-2-7)15(18)19/h1-4H,5-6H2,(H,16,17). The van der Waals surface area contributed by atoms with Crippen LogP contribution in [0.25, 0.3) is 11.4 Å². The Labute approximate surface area is 106 Å². The summed E-state index contributed by atoms with van der Waals surface area (Å²) < 4.78 is 0. The fourth-order valence-electron chi connectivity index (χ4n) is 1.38. The molecule has 0 saturated heterocycles. The highest BCUT2D eigenvalue weighted by Gasteiger charge is 2.09. The Kier molecular flexibility index (Phi) is 3.46. The summed E-state index contributed by atoms with van der Waals surface area (Å²) in [4.78, 5) is 21.6. The third-order valence-electron chi connectivity index (χ3n) is 2.31. The van der Waals surface area contributed by atoms with E-state index in [0.717, 1.165) is 0 Å². The predicted molar refractivity (Wildman–Crippen MR) is 62.2 cm³/mol. The molecule has 1 N–H and O–H groups in total. The summed E-state index contributed by atoms with van der Waals surface area (Å²) >= 11 is 0. The van der Waals surface area contributed by atoms with Gasteiger partial charge in [-0.05, 0) is 17.3 Å². The number of hydrogen-bond acceptors (Lipinski definition) is 6. The SMILES string of the molecule is O=C(O)CCn1nnc(-c2ccc([N+](=O)[O-])cc2)n1. The Morgan fingerprint density at radius 3 is 2.63 bits per heavy atom. The molecule has 0 atom stereocenters. The van der Waals surface area contributed by atoms with Gasteiger partial charge in [-0.2, -0.15) is 4.80 Å². The zero-order valence-electron chi connectivity index (χ0n) is 9.63. The first-order valence-electron chi connectivity index (χ1n) is 5.30. The quantitative estimate of drug-likeness (QED) is 0.622. The van der Waals surface area contributed by atoms with E-state index in [1.165, 1.54) is 29.1 Å². The largest absolute Gasteiger partial charge is 0.481 e. The van der Waals surface area contributed by atoms with Crippen molar-refractivity contribution in [3.8, 4) is 11.4 Å². The number of carboxylic acid groups (broad SMARTS) is 1. The van der Waals surface area contributed by atoms with Crippen molar-refractivity contribution in [3.63, 3.8) is 0 Å². The van der Waals surface area contributed by atoms with Crippen molar-refractivity contribution < 1.29 is 14.8 Å². The van der Waals surface area contributed by atoms with Crippen LogP contribution in [-0.4, -0.2) is 36.2 Å². The predicted octanol–water partition coefficient (Wildman–Crippen LogP) is 0.723. The van der Waals surface area contributed by atoms with Crippen molar-refractivity contribution >= 4 is 11.7 Å². The van der Waals surface area contributed by atoms with Gasteiger partial charge in [0.25, 0.3) is 5.69 Å². The molecule has 0 bridgehead atoms. The molecule has 0 amide bonds. The number of carbonyl (C=O) groups is 1. The van der Waals surface area contributed by atoms with E-state index >= 15 is 0 Å². The molecule has 0 aliphatic rings. The van der Waals surface area contributed by atoms with Gasteiger partial charge >= 0.3 is 5.97 Å². The molecule has 0 aliphatic carbocycles.